The zero-order chi connectivity index (χ0) is 19.9. The lowest BCUT2D eigenvalue weighted by molar-refractivity contribution is -0.115. The van der Waals surface area contributed by atoms with Gasteiger partial charge in [0.1, 0.15) is 0 Å². The molecule has 0 aliphatic rings. The van der Waals surface area contributed by atoms with Gasteiger partial charge in [-0.1, -0.05) is 53.5 Å². The summed E-state index contributed by atoms with van der Waals surface area (Å²) in [5.41, 5.74) is 2.15. The smallest absolute Gasteiger partial charge is 0.228 e. The fourth-order valence-electron chi connectivity index (χ4n) is 2.56. The lowest BCUT2D eigenvalue weighted by Crippen LogP contribution is -2.14. The van der Waals surface area contributed by atoms with Crippen LogP contribution in [0.3, 0.4) is 0 Å². The highest BCUT2D eigenvalue weighted by Gasteiger charge is 2.11. The van der Waals surface area contributed by atoms with E-state index in [1.807, 2.05) is 54.6 Å². The maximum atomic E-state index is 12.3. The maximum absolute atomic E-state index is 12.3. The Labute approximate surface area is 178 Å². The molecule has 0 fully saturated rings. The molecule has 3 aromatic carbocycles. The summed E-state index contributed by atoms with van der Waals surface area (Å²) in [6.07, 6.45) is 0.327. The second-order valence-electron chi connectivity index (χ2n) is 6.07. The average molecular weight is 430 g/mol. The third-order valence-electron chi connectivity index (χ3n) is 3.95. The Bertz CT molecular complexity index is 976. The first kappa shape index (κ1) is 20.5. The van der Waals surface area contributed by atoms with Gasteiger partial charge in [0.25, 0.3) is 0 Å². The molecule has 0 radical (unpaired) electrons. The van der Waals surface area contributed by atoms with Gasteiger partial charge in [-0.05, 0) is 48.0 Å². The topological polar surface area (TPSA) is 46.2 Å². The number of hydrogen-bond acceptors (Lipinski definition) is 3. The quantitative estimate of drug-likeness (QED) is 0.361. The van der Waals surface area contributed by atoms with Gasteiger partial charge in [-0.3, -0.25) is 9.59 Å². The molecular weight excluding hydrogens is 413 g/mol. The summed E-state index contributed by atoms with van der Waals surface area (Å²) >= 11 is 13.4. The highest BCUT2D eigenvalue weighted by Crippen LogP contribution is 2.25. The van der Waals surface area contributed by atoms with Crippen LogP contribution in [0.25, 0.3) is 0 Å². The number of Topliss-reactive ketones (excluding diaryl/α,β-unsaturated/α-hetero) is 1. The first-order chi connectivity index (χ1) is 13.5. The van der Waals surface area contributed by atoms with E-state index in [2.05, 4.69) is 5.32 Å². The Hall–Kier alpha value is -2.27. The van der Waals surface area contributed by atoms with Gasteiger partial charge in [-0.15, -0.1) is 11.8 Å². The highest BCUT2D eigenvalue weighted by molar-refractivity contribution is 8.00. The van der Waals surface area contributed by atoms with E-state index in [1.54, 1.807) is 18.2 Å². The third-order valence-corrected chi connectivity index (χ3v) is 5.51. The number of amides is 1. The highest BCUT2D eigenvalue weighted by atomic mass is 35.5. The Morgan fingerprint density at radius 1 is 0.893 bits per heavy atom. The normalized spacial score (nSPS) is 10.5. The molecule has 0 aliphatic carbocycles. The van der Waals surface area contributed by atoms with Crippen molar-refractivity contribution in [1.82, 2.24) is 0 Å². The minimum atomic E-state index is -0.0702. The molecule has 28 heavy (non-hydrogen) atoms. The minimum Gasteiger partial charge on any atom is -0.326 e. The number of carbonyl (C=O) groups is 2. The molecular formula is C22H17Cl2NO2S. The SMILES string of the molecule is O=C(Cc1ccccc1)Nc1ccc(SCC(=O)c2ccc(Cl)cc2Cl)cc1. The standard InChI is InChI=1S/C22H17Cl2NO2S/c23-16-6-11-19(20(24)13-16)21(26)14-28-18-9-7-17(8-10-18)25-22(27)12-15-4-2-1-3-5-15/h1-11,13H,12,14H2,(H,25,27). The van der Waals surface area contributed by atoms with Gasteiger partial charge in [0, 0.05) is 21.2 Å². The molecule has 0 aromatic heterocycles. The predicted octanol–water partition coefficient (Wildman–Crippen LogP) is 6.15. The van der Waals surface area contributed by atoms with Crippen LogP contribution in [0.5, 0.6) is 0 Å². The number of hydrogen-bond donors (Lipinski definition) is 1. The lowest BCUT2D eigenvalue weighted by atomic mass is 10.1. The van der Waals surface area contributed by atoms with Crippen molar-refractivity contribution in [3.8, 4) is 0 Å². The van der Waals surface area contributed by atoms with Crippen LogP contribution < -0.4 is 5.32 Å². The summed E-state index contributed by atoms with van der Waals surface area (Å²) in [4.78, 5) is 25.4. The van der Waals surface area contributed by atoms with Gasteiger partial charge in [0.15, 0.2) is 5.78 Å². The van der Waals surface area contributed by atoms with Gasteiger partial charge < -0.3 is 5.32 Å². The molecule has 0 unspecified atom stereocenters. The fraction of sp³-hybridized carbons (Fsp3) is 0.0909. The summed E-state index contributed by atoms with van der Waals surface area (Å²) in [7, 11) is 0. The third kappa shape index (κ3) is 5.86. The molecule has 1 amide bonds. The second-order valence-corrected chi connectivity index (χ2v) is 7.96. The number of carbonyl (C=O) groups excluding carboxylic acids is 2. The summed E-state index contributed by atoms with van der Waals surface area (Å²) < 4.78 is 0. The second kappa shape index (κ2) is 9.78. The molecule has 0 saturated carbocycles. The van der Waals surface area contributed by atoms with Crippen LogP contribution in [0, 0.1) is 0 Å². The summed E-state index contributed by atoms with van der Waals surface area (Å²) in [6, 6.07) is 21.8. The molecule has 1 N–H and O–H groups in total. The fourth-order valence-corrected chi connectivity index (χ4v) is 3.86. The zero-order valence-electron chi connectivity index (χ0n) is 14.8. The predicted molar refractivity (Wildman–Crippen MR) is 117 cm³/mol. The van der Waals surface area contributed by atoms with E-state index in [-0.39, 0.29) is 17.4 Å². The summed E-state index contributed by atoms with van der Waals surface area (Å²) in [5, 5.41) is 3.73. The lowest BCUT2D eigenvalue weighted by Gasteiger charge is -2.07. The summed E-state index contributed by atoms with van der Waals surface area (Å²) in [5.74, 6) is 0.132. The van der Waals surface area contributed by atoms with Crippen molar-refractivity contribution in [2.75, 3.05) is 11.1 Å². The van der Waals surface area contributed by atoms with Crippen LogP contribution >= 0.6 is 35.0 Å². The maximum Gasteiger partial charge on any atom is 0.228 e. The molecule has 0 saturated heterocycles. The van der Waals surface area contributed by atoms with Crippen molar-refractivity contribution < 1.29 is 9.59 Å². The number of rotatable bonds is 7. The number of anilines is 1. The summed E-state index contributed by atoms with van der Waals surface area (Å²) in [6.45, 7) is 0. The molecule has 0 bridgehead atoms. The largest absolute Gasteiger partial charge is 0.326 e. The van der Waals surface area contributed by atoms with Crippen molar-refractivity contribution >= 4 is 52.3 Å². The Morgan fingerprint density at radius 2 is 1.61 bits per heavy atom. The van der Waals surface area contributed by atoms with E-state index in [1.165, 1.54) is 11.8 Å². The molecule has 3 aromatic rings. The van der Waals surface area contributed by atoms with Crippen LogP contribution in [0.15, 0.2) is 77.7 Å². The Kier molecular flexibility index (Phi) is 7.15. The molecule has 0 atom stereocenters. The number of nitrogens with one attached hydrogen (secondary N) is 1. The van der Waals surface area contributed by atoms with E-state index in [9.17, 15) is 9.59 Å². The molecule has 3 nitrogen and oxygen atoms in total. The van der Waals surface area contributed by atoms with Crippen LogP contribution in [0.2, 0.25) is 10.0 Å². The van der Waals surface area contributed by atoms with Gasteiger partial charge in [-0.2, -0.15) is 0 Å². The van der Waals surface area contributed by atoms with E-state index >= 15 is 0 Å². The van der Waals surface area contributed by atoms with Crippen LogP contribution in [0.4, 0.5) is 5.69 Å². The van der Waals surface area contributed by atoms with Crippen molar-refractivity contribution in [2.24, 2.45) is 0 Å². The Morgan fingerprint density at radius 3 is 2.29 bits per heavy atom. The van der Waals surface area contributed by atoms with Crippen LogP contribution in [-0.2, 0) is 11.2 Å². The average Bonchev–Trinajstić information content (AvgIpc) is 2.68. The van der Waals surface area contributed by atoms with Gasteiger partial charge in [-0.25, -0.2) is 0 Å². The van der Waals surface area contributed by atoms with E-state index in [0.717, 1.165) is 16.1 Å². The molecule has 0 aliphatic heterocycles. The van der Waals surface area contributed by atoms with Crippen molar-refractivity contribution in [3.05, 3.63) is 94.0 Å². The number of halogens is 2. The molecule has 142 valence electrons. The minimum absolute atomic E-state index is 0.0630. The van der Waals surface area contributed by atoms with Crippen molar-refractivity contribution in [1.29, 1.82) is 0 Å². The molecule has 0 heterocycles. The molecule has 0 spiro atoms. The van der Waals surface area contributed by atoms with E-state index < -0.39 is 0 Å². The Balaban J connectivity index is 1.52. The van der Waals surface area contributed by atoms with Crippen LogP contribution in [-0.4, -0.2) is 17.4 Å². The first-order valence-electron chi connectivity index (χ1n) is 8.56. The zero-order valence-corrected chi connectivity index (χ0v) is 17.2. The van der Waals surface area contributed by atoms with E-state index in [4.69, 9.17) is 23.2 Å². The van der Waals surface area contributed by atoms with Gasteiger partial charge >= 0.3 is 0 Å². The monoisotopic (exact) mass is 429 g/mol. The van der Waals surface area contributed by atoms with Crippen molar-refractivity contribution in [2.45, 2.75) is 11.3 Å². The van der Waals surface area contributed by atoms with Crippen molar-refractivity contribution in [3.63, 3.8) is 0 Å². The number of thioether (sulfide) groups is 1. The van der Waals surface area contributed by atoms with Crippen LogP contribution in [0.1, 0.15) is 15.9 Å². The first-order valence-corrected chi connectivity index (χ1v) is 10.3. The number of ketones is 1. The van der Waals surface area contributed by atoms with E-state index in [0.29, 0.717) is 22.0 Å². The van der Waals surface area contributed by atoms with Gasteiger partial charge in [0.05, 0.1) is 17.2 Å². The molecule has 6 heteroatoms. The van der Waals surface area contributed by atoms with Gasteiger partial charge in [0.2, 0.25) is 5.91 Å². The number of benzene rings is 3. The molecule has 3 rings (SSSR count).